The lowest BCUT2D eigenvalue weighted by molar-refractivity contribution is 0.660. The van der Waals surface area contributed by atoms with Crippen LogP contribution >= 0.6 is 0 Å². The third-order valence-corrected chi connectivity index (χ3v) is 11.5. The van der Waals surface area contributed by atoms with Gasteiger partial charge in [0, 0.05) is 16.5 Å². The molecule has 0 saturated carbocycles. The van der Waals surface area contributed by atoms with Gasteiger partial charge in [0.2, 0.25) is 0 Å². The van der Waals surface area contributed by atoms with Crippen molar-refractivity contribution in [2.45, 2.75) is 19.3 Å². The van der Waals surface area contributed by atoms with Gasteiger partial charge in [0.25, 0.3) is 0 Å². The standard InChI is InChI=1S/C54H39N/c1-54(2)50-23-12-11-22-46(50)49-34-47(43-29-26-37-16-9-10-19-41(37)30-43)48(35-51(49)54)39-27-24-38(25-28-39)42-20-13-21-44(31-42)53-33-45(36-14-5-3-6-15-36)32-52(55-53)40-17-7-4-8-18-40/h3-35H,1-2H3. The summed E-state index contributed by atoms with van der Waals surface area (Å²) in [5, 5.41) is 2.51. The second-order valence-corrected chi connectivity index (χ2v) is 15.2. The predicted molar refractivity (Wildman–Crippen MR) is 232 cm³/mol. The molecule has 0 unspecified atom stereocenters. The molecular formula is C54H39N. The highest BCUT2D eigenvalue weighted by atomic mass is 14.7. The quantitative estimate of drug-likeness (QED) is 0.168. The SMILES string of the molecule is CC1(C)c2ccccc2-c2cc(-c3ccc4ccccc4c3)c(-c3ccc(-c4cccc(-c5cc(-c6ccccc6)cc(-c6ccccc6)n5)c4)cc3)cc21. The Bertz CT molecular complexity index is 2810. The summed E-state index contributed by atoms with van der Waals surface area (Å²) in [5.41, 5.74) is 19.1. The maximum absolute atomic E-state index is 5.20. The van der Waals surface area contributed by atoms with E-state index < -0.39 is 0 Å². The minimum atomic E-state index is -0.0881. The van der Waals surface area contributed by atoms with Crippen molar-refractivity contribution in [3.8, 4) is 78.1 Å². The van der Waals surface area contributed by atoms with Crippen LogP contribution in [-0.4, -0.2) is 4.98 Å². The van der Waals surface area contributed by atoms with Gasteiger partial charge in [-0.1, -0.05) is 178 Å². The van der Waals surface area contributed by atoms with E-state index >= 15 is 0 Å². The van der Waals surface area contributed by atoms with Crippen LogP contribution in [0.4, 0.5) is 0 Å². The maximum Gasteiger partial charge on any atom is 0.0715 e. The highest BCUT2D eigenvalue weighted by molar-refractivity contribution is 5.96. The molecular weight excluding hydrogens is 663 g/mol. The fourth-order valence-electron chi connectivity index (χ4n) is 8.52. The highest BCUT2D eigenvalue weighted by Crippen LogP contribution is 2.52. The molecule has 9 aromatic rings. The molecule has 1 aliphatic carbocycles. The van der Waals surface area contributed by atoms with Crippen LogP contribution in [-0.2, 0) is 5.41 Å². The van der Waals surface area contributed by atoms with E-state index in [1.54, 1.807) is 0 Å². The molecule has 10 rings (SSSR count). The minimum Gasteiger partial charge on any atom is -0.248 e. The first-order valence-electron chi connectivity index (χ1n) is 19.1. The molecule has 1 aliphatic rings. The third-order valence-electron chi connectivity index (χ3n) is 11.5. The molecule has 0 radical (unpaired) electrons. The van der Waals surface area contributed by atoms with Crippen molar-refractivity contribution < 1.29 is 0 Å². The zero-order valence-electron chi connectivity index (χ0n) is 31.0. The first kappa shape index (κ1) is 32.8. The summed E-state index contributed by atoms with van der Waals surface area (Å²) < 4.78 is 0. The van der Waals surface area contributed by atoms with E-state index in [0.717, 1.165) is 33.6 Å². The van der Waals surface area contributed by atoms with Crippen LogP contribution in [0.15, 0.2) is 200 Å². The number of fused-ring (bicyclic) bond motifs is 4. The van der Waals surface area contributed by atoms with Gasteiger partial charge in [-0.2, -0.15) is 0 Å². The lowest BCUT2D eigenvalue weighted by Gasteiger charge is -2.23. The van der Waals surface area contributed by atoms with Crippen LogP contribution in [0.5, 0.6) is 0 Å². The molecule has 0 bridgehead atoms. The molecule has 0 aliphatic heterocycles. The number of aromatic nitrogens is 1. The number of hydrogen-bond donors (Lipinski definition) is 0. The van der Waals surface area contributed by atoms with Gasteiger partial charge in [-0.05, 0) is 114 Å². The molecule has 1 aromatic heterocycles. The molecule has 0 fully saturated rings. The van der Waals surface area contributed by atoms with Gasteiger partial charge in [0.05, 0.1) is 11.4 Å². The second kappa shape index (κ2) is 13.2. The van der Waals surface area contributed by atoms with Gasteiger partial charge in [0.1, 0.15) is 0 Å². The van der Waals surface area contributed by atoms with Crippen molar-refractivity contribution in [1.82, 2.24) is 4.98 Å². The van der Waals surface area contributed by atoms with E-state index in [1.807, 2.05) is 0 Å². The summed E-state index contributed by atoms with van der Waals surface area (Å²) in [6.07, 6.45) is 0. The Morgan fingerprint density at radius 3 is 1.64 bits per heavy atom. The van der Waals surface area contributed by atoms with E-state index in [1.165, 1.54) is 66.4 Å². The van der Waals surface area contributed by atoms with Gasteiger partial charge in [-0.25, -0.2) is 4.98 Å². The van der Waals surface area contributed by atoms with Gasteiger partial charge < -0.3 is 0 Å². The summed E-state index contributed by atoms with van der Waals surface area (Å²) >= 11 is 0. The molecule has 1 nitrogen and oxygen atoms in total. The zero-order chi connectivity index (χ0) is 36.9. The van der Waals surface area contributed by atoms with Crippen molar-refractivity contribution in [3.63, 3.8) is 0 Å². The van der Waals surface area contributed by atoms with Gasteiger partial charge >= 0.3 is 0 Å². The minimum absolute atomic E-state index is 0.0881. The van der Waals surface area contributed by atoms with Gasteiger partial charge in [-0.15, -0.1) is 0 Å². The van der Waals surface area contributed by atoms with Crippen LogP contribution < -0.4 is 0 Å². The Morgan fingerprint density at radius 2 is 0.855 bits per heavy atom. The number of benzene rings is 8. The summed E-state index contributed by atoms with van der Waals surface area (Å²) in [6.45, 7) is 4.72. The molecule has 1 heterocycles. The Labute approximate surface area is 323 Å². The Morgan fingerprint density at radius 1 is 0.291 bits per heavy atom. The largest absolute Gasteiger partial charge is 0.248 e. The van der Waals surface area contributed by atoms with Crippen LogP contribution in [0.2, 0.25) is 0 Å². The van der Waals surface area contributed by atoms with E-state index in [2.05, 4.69) is 214 Å². The van der Waals surface area contributed by atoms with Crippen LogP contribution in [0, 0.1) is 0 Å². The summed E-state index contributed by atoms with van der Waals surface area (Å²) in [7, 11) is 0. The topological polar surface area (TPSA) is 12.9 Å². The molecule has 1 heteroatoms. The fraction of sp³-hybridized carbons (Fsp3) is 0.0556. The van der Waals surface area contributed by atoms with E-state index in [9.17, 15) is 0 Å². The zero-order valence-corrected chi connectivity index (χ0v) is 31.0. The first-order chi connectivity index (χ1) is 27.0. The Hall–Kier alpha value is -6.83. The van der Waals surface area contributed by atoms with Crippen molar-refractivity contribution >= 4 is 10.8 Å². The van der Waals surface area contributed by atoms with Crippen molar-refractivity contribution in [2.75, 3.05) is 0 Å². The molecule has 260 valence electrons. The van der Waals surface area contributed by atoms with Crippen molar-refractivity contribution in [1.29, 1.82) is 0 Å². The summed E-state index contributed by atoms with van der Waals surface area (Å²) in [4.78, 5) is 5.20. The Kier molecular flexibility index (Phi) is 7.89. The van der Waals surface area contributed by atoms with Crippen molar-refractivity contribution in [2.24, 2.45) is 0 Å². The van der Waals surface area contributed by atoms with Crippen LogP contribution in [0.25, 0.3) is 88.9 Å². The smallest absolute Gasteiger partial charge is 0.0715 e. The normalized spacial score (nSPS) is 12.7. The average molecular weight is 702 g/mol. The monoisotopic (exact) mass is 701 g/mol. The van der Waals surface area contributed by atoms with Gasteiger partial charge in [0.15, 0.2) is 0 Å². The maximum atomic E-state index is 5.20. The fourth-order valence-corrected chi connectivity index (χ4v) is 8.52. The van der Waals surface area contributed by atoms with E-state index in [-0.39, 0.29) is 5.41 Å². The number of rotatable bonds is 6. The molecule has 0 N–H and O–H groups in total. The van der Waals surface area contributed by atoms with Crippen molar-refractivity contribution in [3.05, 3.63) is 211 Å². The molecule has 0 amide bonds. The average Bonchev–Trinajstić information content (AvgIpc) is 3.48. The number of hydrogen-bond acceptors (Lipinski definition) is 1. The molecule has 8 aromatic carbocycles. The highest BCUT2D eigenvalue weighted by Gasteiger charge is 2.36. The third kappa shape index (κ3) is 5.86. The summed E-state index contributed by atoms with van der Waals surface area (Å²) in [5.74, 6) is 0. The summed E-state index contributed by atoms with van der Waals surface area (Å²) in [6, 6.07) is 72.7. The lowest BCUT2D eigenvalue weighted by Crippen LogP contribution is -2.15. The van der Waals surface area contributed by atoms with Gasteiger partial charge in [-0.3, -0.25) is 0 Å². The molecule has 0 saturated heterocycles. The first-order valence-corrected chi connectivity index (χ1v) is 19.1. The second-order valence-electron chi connectivity index (χ2n) is 15.2. The number of nitrogens with zero attached hydrogens (tertiary/aromatic N) is 1. The molecule has 0 spiro atoms. The van der Waals surface area contributed by atoms with Crippen LogP contribution in [0.1, 0.15) is 25.0 Å². The number of pyridine rings is 1. The molecule has 55 heavy (non-hydrogen) atoms. The van der Waals surface area contributed by atoms with Crippen LogP contribution in [0.3, 0.4) is 0 Å². The predicted octanol–water partition coefficient (Wildman–Crippen LogP) is 14.5. The lowest BCUT2D eigenvalue weighted by atomic mass is 9.80. The van der Waals surface area contributed by atoms with E-state index in [0.29, 0.717) is 0 Å². The Balaban J connectivity index is 1.06. The van der Waals surface area contributed by atoms with E-state index in [4.69, 9.17) is 4.98 Å². The molecule has 0 atom stereocenters.